The summed E-state index contributed by atoms with van der Waals surface area (Å²) in [6.07, 6.45) is 1.58. The molecule has 0 heterocycles. The predicted molar refractivity (Wildman–Crippen MR) is 92.7 cm³/mol. The zero-order valence-electron chi connectivity index (χ0n) is 12.8. The number of urea groups is 2. The van der Waals surface area contributed by atoms with Gasteiger partial charge in [-0.15, -0.1) is 6.58 Å². The second kappa shape index (κ2) is 8.33. The van der Waals surface area contributed by atoms with Crippen molar-refractivity contribution < 1.29 is 14.0 Å². The maximum Gasteiger partial charge on any atom is 0.323 e. The molecular formula is C17H17FN4O2. The third-order valence-electron chi connectivity index (χ3n) is 2.91. The van der Waals surface area contributed by atoms with Gasteiger partial charge in [0.1, 0.15) is 5.82 Å². The van der Waals surface area contributed by atoms with Gasteiger partial charge in [0.05, 0.1) is 0 Å². The van der Waals surface area contributed by atoms with Crippen molar-refractivity contribution in [1.82, 2.24) is 5.32 Å². The predicted octanol–water partition coefficient (Wildman–Crippen LogP) is 3.78. The fourth-order valence-corrected chi connectivity index (χ4v) is 1.80. The van der Waals surface area contributed by atoms with Crippen LogP contribution in [0, 0.1) is 5.82 Å². The Balaban J connectivity index is 1.86. The fraction of sp³-hybridized carbons (Fsp3) is 0.0588. The van der Waals surface area contributed by atoms with E-state index in [2.05, 4.69) is 27.8 Å². The summed E-state index contributed by atoms with van der Waals surface area (Å²) >= 11 is 0. The van der Waals surface area contributed by atoms with E-state index >= 15 is 0 Å². The highest BCUT2D eigenvalue weighted by atomic mass is 19.1. The first kappa shape index (κ1) is 17.0. The number of amides is 4. The third-order valence-corrected chi connectivity index (χ3v) is 2.91. The number of hydrogen-bond donors (Lipinski definition) is 4. The summed E-state index contributed by atoms with van der Waals surface area (Å²) in [6, 6.07) is 11.2. The fourth-order valence-electron chi connectivity index (χ4n) is 1.80. The average molecular weight is 328 g/mol. The number of carbonyl (C=O) groups excluding carboxylic acids is 2. The highest BCUT2D eigenvalue weighted by Gasteiger charge is 2.04. The molecule has 7 heteroatoms. The van der Waals surface area contributed by atoms with Gasteiger partial charge in [0.2, 0.25) is 0 Å². The Kier molecular flexibility index (Phi) is 5.90. The molecule has 0 aliphatic carbocycles. The van der Waals surface area contributed by atoms with E-state index < -0.39 is 6.03 Å². The van der Waals surface area contributed by atoms with E-state index in [1.165, 1.54) is 24.3 Å². The minimum Gasteiger partial charge on any atom is -0.334 e. The second-order valence-electron chi connectivity index (χ2n) is 4.79. The van der Waals surface area contributed by atoms with E-state index in [-0.39, 0.29) is 11.8 Å². The molecule has 0 saturated heterocycles. The molecule has 0 aliphatic rings. The molecule has 2 rings (SSSR count). The van der Waals surface area contributed by atoms with E-state index in [4.69, 9.17) is 0 Å². The van der Waals surface area contributed by atoms with Crippen molar-refractivity contribution in [2.75, 3.05) is 22.5 Å². The summed E-state index contributed by atoms with van der Waals surface area (Å²) in [4.78, 5) is 23.3. The van der Waals surface area contributed by atoms with Gasteiger partial charge in [-0.1, -0.05) is 6.08 Å². The first-order valence-electron chi connectivity index (χ1n) is 7.16. The van der Waals surface area contributed by atoms with Crippen molar-refractivity contribution in [1.29, 1.82) is 0 Å². The molecule has 6 nitrogen and oxygen atoms in total. The number of carbonyl (C=O) groups is 2. The summed E-state index contributed by atoms with van der Waals surface area (Å²) < 4.78 is 12.8. The molecule has 0 fully saturated rings. The number of benzene rings is 2. The third kappa shape index (κ3) is 5.45. The minimum absolute atomic E-state index is 0.343. The second-order valence-corrected chi connectivity index (χ2v) is 4.79. The first-order chi connectivity index (χ1) is 11.6. The maximum absolute atomic E-state index is 12.8. The highest BCUT2D eigenvalue weighted by molar-refractivity contribution is 6.00. The number of rotatable bonds is 5. The summed E-state index contributed by atoms with van der Waals surface area (Å²) in [7, 11) is 0. The molecule has 0 aromatic heterocycles. The van der Waals surface area contributed by atoms with Gasteiger partial charge >= 0.3 is 12.1 Å². The van der Waals surface area contributed by atoms with E-state index in [0.717, 1.165) is 0 Å². The van der Waals surface area contributed by atoms with Gasteiger partial charge in [0.15, 0.2) is 0 Å². The lowest BCUT2D eigenvalue weighted by molar-refractivity contribution is 0.253. The van der Waals surface area contributed by atoms with Crippen LogP contribution in [0.2, 0.25) is 0 Å². The van der Waals surface area contributed by atoms with Crippen molar-refractivity contribution in [3.05, 3.63) is 67.0 Å². The lowest BCUT2D eigenvalue weighted by Crippen LogP contribution is -2.28. The quantitative estimate of drug-likeness (QED) is 0.630. The molecule has 0 bridgehead atoms. The van der Waals surface area contributed by atoms with Crippen LogP contribution in [0.5, 0.6) is 0 Å². The molecule has 0 saturated carbocycles. The van der Waals surface area contributed by atoms with Gasteiger partial charge in [-0.05, 0) is 48.5 Å². The Bertz CT molecular complexity index is 714. The van der Waals surface area contributed by atoms with Crippen LogP contribution in [-0.2, 0) is 0 Å². The Hall–Kier alpha value is -3.35. The Labute approximate surface area is 138 Å². The molecule has 24 heavy (non-hydrogen) atoms. The molecular weight excluding hydrogens is 311 g/mol. The zero-order valence-corrected chi connectivity index (χ0v) is 12.8. The van der Waals surface area contributed by atoms with Gasteiger partial charge in [-0.25, -0.2) is 14.0 Å². The van der Waals surface area contributed by atoms with Crippen molar-refractivity contribution in [2.45, 2.75) is 0 Å². The van der Waals surface area contributed by atoms with Crippen LogP contribution in [-0.4, -0.2) is 18.6 Å². The van der Waals surface area contributed by atoms with Crippen LogP contribution in [0.4, 0.5) is 31.0 Å². The molecule has 0 atom stereocenters. The molecule has 0 unspecified atom stereocenters. The normalized spacial score (nSPS) is 9.71. The van der Waals surface area contributed by atoms with Gasteiger partial charge in [0.25, 0.3) is 0 Å². The van der Waals surface area contributed by atoms with Crippen LogP contribution in [0.3, 0.4) is 0 Å². The molecule has 4 amide bonds. The summed E-state index contributed by atoms with van der Waals surface area (Å²) in [5.41, 5.74) is 1.61. The Morgan fingerprint density at radius 2 is 1.25 bits per heavy atom. The number of hydrogen-bond acceptors (Lipinski definition) is 2. The van der Waals surface area contributed by atoms with Gasteiger partial charge in [0, 0.05) is 23.6 Å². The summed E-state index contributed by atoms with van der Waals surface area (Å²) in [5.74, 6) is -0.374. The standard InChI is InChI=1S/C17H17FN4O2/c1-2-11-19-16(23)20-14-7-9-15(10-8-14)22-17(24)21-13-5-3-12(18)4-6-13/h2-10H,1,11H2,(H2,19,20,23)(H2,21,22,24). The molecule has 2 aromatic carbocycles. The smallest absolute Gasteiger partial charge is 0.323 e. The lowest BCUT2D eigenvalue weighted by atomic mass is 10.3. The highest BCUT2D eigenvalue weighted by Crippen LogP contribution is 2.14. The van der Waals surface area contributed by atoms with Gasteiger partial charge in [-0.3, -0.25) is 0 Å². The zero-order chi connectivity index (χ0) is 17.4. The molecule has 0 aliphatic heterocycles. The SMILES string of the molecule is C=CCNC(=O)Nc1ccc(NC(=O)Nc2ccc(F)cc2)cc1. The Morgan fingerprint density at radius 3 is 1.71 bits per heavy atom. The van der Waals surface area contributed by atoms with Crippen molar-refractivity contribution >= 4 is 29.1 Å². The van der Waals surface area contributed by atoms with E-state index in [1.54, 1.807) is 30.3 Å². The summed E-state index contributed by atoms with van der Waals surface area (Å²) in [6.45, 7) is 3.88. The van der Waals surface area contributed by atoms with Crippen LogP contribution < -0.4 is 21.3 Å². The van der Waals surface area contributed by atoms with Gasteiger partial charge in [-0.2, -0.15) is 0 Å². The monoisotopic (exact) mass is 328 g/mol. The first-order valence-corrected chi connectivity index (χ1v) is 7.16. The number of anilines is 3. The van der Waals surface area contributed by atoms with Crippen LogP contribution in [0.15, 0.2) is 61.2 Å². The van der Waals surface area contributed by atoms with E-state index in [1.807, 2.05) is 0 Å². The molecule has 0 spiro atoms. The van der Waals surface area contributed by atoms with Crippen LogP contribution in [0.1, 0.15) is 0 Å². The van der Waals surface area contributed by atoms with Crippen molar-refractivity contribution in [2.24, 2.45) is 0 Å². The maximum atomic E-state index is 12.8. The summed E-state index contributed by atoms with van der Waals surface area (Å²) in [5, 5.41) is 10.4. The van der Waals surface area contributed by atoms with Crippen LogP contribution >= 0.6 is 0 Å². The largest absolute Gasteiger partial charge is 0.334 e. The number of halogens is 1. The minimum atomic E-state index is -0.453. The van der Waals surface area contributed by atoms with Crippen molar-refractivity contribution in [3.8, 4) is 0 Å². The number of nitrogens with one attached hydrogen (secondary N) is 4. The van der Waals surface area contributed by atoms with Crippen LogP contribution in [0.25, 0.3) is 0 Å². The van der Waals surface area contributed by atoms with Crippen molar-refractivity contribution in [3.63, 3.8) is 0 Å². The Morgan fingerprint density at radius 1 is 0.833 bits per heavy atom. The van der Waals surface area contributed by atoms with E-state index in [9.17, 15) is 14.0 Å². The average Bonchev–Trinajstić information content (AvgIpc) is 2.57. The van der Waals surface area contributed by atoms with E-state index in [0.29, 0.717) is 23.6 Å². The molecule has 2 aromatic rings. The van der Waals surface area contributed by atoms with Gasteiger partial charge < -0.3 is 21.3 Å². The molecule has 124 valence electrons. The molecule has 4 N–H and O–H groups in total. The topological polar surface area (TPSA) is 82.3 Å². The lowest BCUT2D eigenvalue weighted by Gasteiger charge is -2.09. The molecule has 0 radical (unpaired) electrons.